The molecule has 0 radical (unpaired) electrons. The molecule has 0 aliphatic carbocycles. The molecule has 96 valence electrons. The number of ether oxygens (including phenoxy) is 1. The van der Waals surface area contributed by atoms with Gasteiger partial charge in [0.1, 0.15) is 6.23 Å². The summed E-state index contributed by atoms with van der Waals surface area (Å²) in [6.45, 7) is -0.0991. The lowest BCUT2D eigenvalue weighted by molar-refractivity contribution is -0.0252. The van der Waals surface area contributed by atoms with E-state index in [1.807, 2.05) is 0 Å². The predicted molar refractivity (Wildman–Crippen MR) is 59.3 cm³/mol. The zero-order chi connectivity index (χ0) is 13.1. The van der Waals surface area contributed by atoms with Gasteiger partial charge in [-0.05, 0) is 18.1 Å². The van der Waals surface area contributed by atoms with Crippen LogP contribution in [-0.4, -0.2) is 27.1 Å². The Balaban J connectivity index is 2.41. The van der Waals surface area contributed by atoms with E-state index in [2.05, 4.69) is 10.1 Å². The topological polar surface area (TPSA) is 129 Å². The molecule has 9 heteroatoms. The molecule has 2 N–H and O–H groups in total. The largest absolute Gasteiger partial charge is 0.427 e. The molecule has 1 aromatic heterocycles. The molecule has 1 saturated heterocycles. The minimum absolute atomic E-state index is 0.0991. The SMILES string of the molecule is [N-]=[N+]=Nn1c(=N)ccn([C@H]2CC[C@@H](CO)O2)c1=O. The number of azide groups is 1. The Kier molecular flexibility index (Phi) is 3.47. The molecule has 1 aromatic rings. The van der Waals surface area contributed by atoms with Crippen LogP contribution in [0.2, 0.25) is 0 Å². The Morgan fingerprint density at radius 2 is 2.44 bits per heavy atom. The van der Waals surface area contributed by atoms with Crippen molar-refractivity contribution < 1.29 is 9.84 Å². The second kappa shape index (κ2) is 5.05. The Hall–Kier alpha value is -2.09. The van der Waals surface area contributed by atoms with E-state index in [0.717, 1.165) is 0 Å². The van der Waals surface area contributed by atoms with Gasteiger partial charge in [-0.2, -0.15) is 4.91 Å². The lowest BCUT2D eigenvalue weighted by Gasteiger charge is -2.13. The predicted octanol–water partition coefficient (Wildman–Crippen LogP) is -0.127. The third-order valence-electron chi connectivity index (χ3n) is 2.75. The molecule has 2 heterocycles. The third kappa shape index (κ3) is 2.14. The van der Waals surface area contributed by atoms with Gasteiger partial charge in [0.2, 0.25) is 5.49 Å². The Labute approximate surface area is 101 Å². The van der Waals surface area contributed by atoms with Crippen LogP contribution < -0.4 is 11.2 Å². The van der Waals surface area contributed by atoms with Gasteiger partial charge < -0.3 is 9.84 Å². The molecule has 1 aliphatic rings. The maximum absolute atomic E-state index is 12.0. The second-order valence-electron chi connectivity index (χ2n) is 3.85. The van der Waals surface area contributed by atoms with Crippen LogP contribution >= 0.6 is 0 Å². The van der Waals surface area contributed by atoms with E-state index in [1.54, 1.807) is 0 Å². The van der Waals surface area contributed by atoms with Gasteiger partial charge in [0.05, 0.1) is 12.7 Å². The number of aromatic nitrogens is 2. The number of hydrogen-bond acceptors (Lipinski definition) is 5. The summed E-state index contributed by atoms with van der Waals surface area (Å²) >= 11 is 0. The van der Waals surface area contributed by atoms with Crippen molar-refractivity contribution in [2.45, 2.75) is 25.2 Å². The Morgan fingerprint density at radius 1 is 1.67 bits per heavy atom. The van der Waals surface area contributed by atoms with Crippen molar-refractivity contribution in [1.82, 2.24) is 9.24 Å². The first kappa shape index (κ1) is 12.4. The summed E-state index contributed by atoms with van der Waals surface area (Å²) in [5.41, 5.74) is 7.51. The van der Waals surface area contributed by atoms with Gasteiger partial charge in [-0.1, -0.05) is 0 Å². The smallest absolute Gasteiger partial charge is 0.394 e. The fourth-order valence-electron chi connectivity index (χ4n) is 1.87. The highest BCUT2D eigenvalue weighted by molar-refractivity contribution is 4.87. The summed E-state index contributed by atoms with van der Waals surface area (Å²) in [7, 11) is 0. The van der Waals surface area contributed by atoms with Gasteiger partial charge in [-0.25, -0.2) is 4.79 Å². The minimum Gasteiger partial charge on any atom is -0.394 e. The number of nitrogens with zero attached hydrogens (tertiary/aromatic N) is 5. The number of hydrogen-bond donors (Lipinski definition) is 2. The van der Waals surface area contributed by atoms with Gasteiger partial charge >= 0.3 is 5.69 Å². The molecule has 0 saturated carbocycles. The van der Waals surface area contributed by atoms with Gasteiger partial charge in [0, 0.05) is 12.3 Å². The molecule has 2 rings (SSSR count). The number of aliphatic hydroxyl groups is 1. The van der Waals surface area contributed by atoms with Gasteiger partial charge in [0.25, 0.3) is 0 Å². The molecule has 0 bridgehead atoms. The van der Waals surface area contributed by atoms with E-state index >= 15 is 0 Å². The third-order valence-corrected chi connectivity index (χ3v) is 2.75. The van der Waals surface area contributed by atoms with Crippen LogP contribution in [-0.2, 0) is 4.74 Å². The van der Waals surface area contributed by atoms with Crippen LogP contribution in [0.5, 0.6) is 0 Å². The maximum Gasteiger partial charge on any atom is 0.427 e. The molecule has 0 unspecified atom stereocenters. The zero-order valence-electron chi connectivity index (χ0n) is 9.43. The molecule has 1 fully saturated rings. The van der Waals surface area contributed by atoms with Crippen LogP contribution in [0.4, 0.5) is 0 Å². The van der Waals surface area contributed by atoms with E-state index in [-0.39, 0.29) is 18.2 Å². The van der Waals surface area contributed by atoms with Crippen LogP contribution in [0.1, 0.15) is 19.1 Å². The van der Waals surface area contributed by atoms with Crippen LogP contribution in [0, 0.1) is 5.41 Å². The van der Waals surface area contributed by atoms with E-state index < -0.39 is 11.9 Å². The zero-order valence-corrected chi connectivity index (χ0v) is 9.43. The summed E-state index contributed by atoms with van der Waals surface area (Å²) in [6.07, 6.45) is 1.86. The van der Waals surface area contributed by atoms with Crippen molar-refractivity contribution in [2.75, 3.05) is 6.61 Å². The first-order valence-electron chi connectivity index (χ1n) is 5.38. The lowest BCUT2D eigenvalue weighted by Crippen LogP contribution is -2.38. The molecule has 1 aliphatic heterocycles. The maximum atomic E-state index is 12.0. The Bertz CT molecular complexity index is 599. The Morgan fingerprint density at radius 3 is 3.06 bits per heavy atom. The van der Waals surface area contributed by atoms with Crippen molar-refractivity contribution in [3.63, 3.8) is 0 Å². The lowest BCUT2D eigenvalue weighted by atomic mass is 10.2. The van der Waals surface area contributed by atoms with Crippen molar-refractivity contribution >= 4 is 0 Å². The summed E-state index contributed by atoms with van der Waals surface area (Å²) in [5.74, 6) is 0. The van der Waals surface area contributed by atoms with E-state index in [0.29, 0.717) is 17.5 Å². The highest BCUT2D eigenvalue weighted by Gasteiger charge is 2.27. The van der Waals surface area contributed by atoms with Crippen molar-refractivity contribution in [2.24, 2.45) is 5.22 Å². The summed E-state index contributed by atoms with van der Waals surface area (Å²) in [4.78, 5) is 14.5. The minimum atomic E-state index is -0.635. The average Bonchev–Trinajstić information content (AvgIpc) is 2.83. The number of rotatable bonds is 3. The number of aliphatic hydroxyl groups excluding tert-OH is 1. The van der Waals surface area contributed by atoms with Gasteiger partial charge in [0.15, 0.2) is 0 Å². The highest BCUT2D eigenvalue weighted by atomic mass is 16.5. The summed E-state index contributed by atoms with van der Waals surface area (Å²) in [6, 6.07) is 1.34. The molecular formula is C9H12N6O3. The number of nitrogens with one attached hydrogen (secondary N) is 1. The van der Waals surface area contributed by atoms with E-state index in [1.165, 1.54) is 16.8 Å². The molecule has 0 aromatic carbocycles. The standard InChI is InChI=1S/C9H12N6O3/c10-7-3-4-14(9(17)15(7)13-12-11)8-2-1-6(5-16)18-8/h3-4,6,8,10,16H,1-2,5H2/t6-,8+/m0/s1. The van der Waals surface area contributed by atoms with E-state index in [9.17, 15) is 4.79 Å². The van der Waals surface area contributed by atoms with Crippen molar-refractivity contribution in [3.8, 4) is 0 Å². The molecule has 2 atom stereocenters. The normalized spacial score (nSPS) is 22.7. The molecule has 18 heavy (non-hydrogen) atoms. The van der Waals surface area contributed by atoms with Crippen LogP contribution in [0.25, 0.3) is 10.4 Å². The molecule has 0 spiro atoms. The van der Waals surface area contributed by atoms with Crippen LogP contribution in [0.15, 0.2) is 22.3 Å². The monoisotopic (exact) mass is 252 g/mol. The quantitative estimate of drug-likeness (QED) is 0.441. The molecular weight excluding hydrogens is 240 g/mol. The molecule has 0 amide bonds. The first-order chi connectivity index (χ1) is 8.67. The van der Waals surface area contributed by atoms with Gasteiger partial charge in [-0.3, -0.25) is 9.98 Å². The summed E-state index contributed by atoms with van der Waals surface area (Å²) in [5, 5.41) is 19.6. The van der Waals surface area contributed by atoms with Crippen molar-refractivity contribution in [3.05, 3.63) is 38.7 Å². The fourth-order valence-corrected chi connectivity index (χ4v) is 1.87. The van der Waals surface area contributed by atoms with Crippen molar-refractivity contribution in [1.29, 1.82) is 5.41 Å². The fraction of sp³-hybridized carbons (Fsp3) is 0.556. The molecule has 9 nitrogen and oxygen atoms in total. The summed E-state index contributed by atoms with van der Waals surface area (Å²) < 4.78 is 7.35. The average molecular weight is 252 g/mol. The van der Waals surface area contributed by atoms with E-state index in [4.69, 9.17) is 20.8 Å². The van der Waals surface area contributed by atoms with Crippen LogP contribution in [0.3, 0.4) is 0 Å². The second-order valence-corrected chi connectivity index (χ2v) is 3.85. The first-order valence-corrected chi connectivity index (χ1v) is 5.38. The van der Waals surface area contributed by atoms with Gasteiger partial charge in [-0.15, -0.1) is 10.2 Å². The highest BCUT2D eigenvalue weighted by Crippen LogP contribution is 2.26.